The summed E-state index contributed by atoms with van der Waals surface area (Å²) < 4.78 is 13.3. The zero-order valence-electron chi connectivity index (χ0n) is 11.4. The van der Waals surface area contributed by atoms with Gasteiger partial charge in [-0.15, -0.1) is 11.3 Å². The van der Waals surface area contributed by atoms with Gasteiger partial charge in [-0.1, -0.05) is 0 Å². The number of carbonyl (C=O) groups is 1. The molecule has 0 unspecified atom stereocenters. The zero-order chi connectivity index (χ0) is 15.6. The van der Waals surface area contributed by atoms with Gasteiger partial charge in [0.15, 0.2) is 0 Å². The summed E-state index contributed by atoms with van der Waals surface area (Å²) in [6.45, 7) is 2.20. The summed E-state index contributed by atoms with van der Waals surface area (Å²) in [5.74, 6) is -1.37. The second-order valence-electron chi connectivity index (χ2n) is 4.43. The summed E-state index contributed by atoms with van der Waals surface area (Å²) >= 11 is 1.47. The molecule has 1 aromatic carbocycles. The predicted molar refractivity (Wildman–Crippen MR) is 75.7 cm³/mol. The van der Waals surface area contributed by atoms with E-state index in [4.69, 9.17) is 0 Å². The Kier molecular flexibility index (Phi) is 4.27. The molecular weight excluding hydrogens is 297 g/mol. The number of carbonyl (C=O) groups excluding carboxylic acids is 1. The van der Waals surface area contributed by atoms with Crippen molar-refractivity contribution in [3.63, 3.8) is 0 Å². The molecular formula is C13H12FN3O3S. The number of aryl methyl sites for hydroxylation is 1. The molecule has 0 atom stereocenters. The Morgan fingerprint density at radius 1 is 1.52 bits per heavy atom. The number of amides is 1. The van der Waals surface area contributed by atoms with Crippen molar-refractivity contribution in [2.75, 3.05) is 7.05 Å². The molecule has 0 radical (unpaired) electrons. The van der Waals surface area contributed by atoms with E-state index < -0.39 is 22.3 Å². The van der Waals surface area contributed by atoms with Crippen LogP contribution in [-0.4, -0.2) is 27.8 Å². The van der Waals surface area contributed by atoms with Crippen LogP contribution in [0.25, 0.3) is 0 Å². The fourth-order valence-electron chi connectivity index (χ4n) is 1.79. The highest BCUT2D eigenvalue weighted by Gasteiger charge is 2.20. The van der Waals surface area contributed by atoms with Crippen LogP contribution in [0.3, 0.4) is 0 Å². The van der Waals surface area contributed by atoms with Crippen LogP contribution in [0.5, 0.6) is 0 Å². The monoisotopic (exact) mass is 309 g/mol. The maximum Gasteiger partial charge on any atom is 0.305 e. The van der Waals surface area contributed by atoms with Crippen molar-refractivity contribution in [1.29, 1.82) is 0 Å². The third kappa shape index (κ3) is 3.40. The molecule has 0 bridgehead atoms. The maximum absolute atomic E-state index is 13.3. The van der Waals surface area contributed by atoms with E-state index in [2.05, 4.69) is 4.98 Å². The average molecular weight is 309 g/mol. The molecule has 0 N–H and O–H groups in total. The Hall–Kier alpha value is -2.35. The summed E-state index contributed by atoms with van der Waals surface area (Å²) in [5, 5.41) is 11.6. The minimum absolute atomic E-state index is 0.0758. The second kappa shape index (κ2) is 5.96. The van der Waals surface area contributed by atoms with Crippen LogP contribution in [0.2, 0.25) is 0 Å². The Morgan fingerprint density at radius 2 is 2.24 bits per heavy atom. The molecule has 1 amide bonds. The molecule has 2 aromatic rings. The van der Waals surface area contributed by atoms with E-state index in [1.807, 2.05) is 6.92 Å². The van der Waals surface area contributed by atoms with Crippen molar-refractivity contribution in [1.82, 2.24) is 9.88 Å². The van der Waals surface area contributed by atoms with Crippen LogP contribution in [0.4, 0.5) is 10.1 Å². The molecule has 8 heteroatoms. The fraction of sp³-hybridized carbons (Fsp3) is 0.231. The topological polar surface area (TPSA) is 76.3 Å². The largest absolute Gasteiger partial charge is 0.337 e. The van der Waals surface area contributed by atoms with E-state index in [1.54, 1.807) is 13.2 Å². The molecule has 110 valence electrons. The Balaban J connectivity index is 2.19. The van der Waals surface area contributed by atoms with Crippen molar-refractivity contribution >= 4 is 22.9 Å². The van der Waals surface area contributed by atoms with Crippen molar-refractivity contribution in [2.45, 2.75) is 13.5 Å². The van der Waals surface area contributed by atoms with Gasteiger partial charge < -0.3 is 4.90 Å². The van der Waals surface area contributed by atoms with Crippen molar-refractivity contribution in [3.05, 3.63) is 55.8 Å². The fourth-order valence-corrected chi connectivity index (χ4v) is 2.64. The number of hydrogen-bond donors (Lipinski definition) is 0. The Bertz CT molecular complexity index is 702. The SMILES string of the molecule is Cc1ncc(CN(C)C(=O)c2ccc(F)c([N+](=O)[O-])c2)s1. The number of hydrogen-bond acceptors (Lipinski definition) is 5. The van der Waals surface area contributed by atoms with Crippen LogP contribution in [0, 0.1) is 22.9 Å². The van der Waals surface area contributed by atoms with E-state index in [1.165, 1.54) is 22.3 Å². The first-order valence-corrected chi connectivity index (χ1v) is 6.81. The van der Waals surface area contributed by atoms with E-state index in [0.29, 0.717) is 6.54 Å². The molecule has 1 heterocycles. The van der Waals surface area contributed by atoms with E-state index in [9.17, 15) is 19.3 Å². The summed E-state index contributed by atoms with van der Waals surface area (Å²) in [6.07, 6.45) is 1.68. The van der Waals surface area contributed by atoms with Crippen LogP contribution >= 0.6 is 11.3 Å². The van der Waals surface area contributed by atoms with Crippen LogP contribution in [0.15, 0.2) is 24.4 Å². The maximum atomic E-state index is 13.3. The molecule has 0 aliphatic carbocycles. The summed E-state index contributed by atoms with van der Waals surface area (Å²) in [6, 6.07) is 3.11. The molecule has 6 nitrogen and oxygen atoms in total. The second-order valence-corrected chi connectivity index (χ2v) is 5.75. The molecule has 0 saturated heterocycles. The highest BCUT2D eigenvalue weighted by molar-refractivity contribution is 7.11. The molecule has 0 fully saturated rings. The number of nitro benzene ring substituents is 1. The first kappa shape index (κ1) is 15.0. The van der Waals surface area contributed by atoms with Crippen molar-refractivity contribution in [3.8, 4) is 0 Å². The lowest BCUT2D eigenvalue weighted by molar-refractivity contribution is -0.387. The normalized spacial score (nSPS) is 10.4. The molecule has 0 aliphatic heterocycles. The Labute approximate surface area is 124 Å². The van der Waals surface area contributed by atoms with Crippen LogP contribution in [-0.2, 0) is 6.54 Å². The lowest BCUT2D eigenvalue weighted by atomic mass is 10.1. The first-order chi connectivity index (χ1) is 9.88. The number of aromatic nitrogens is 1. The standard InChI is InChI=1S/C13H12FN3O3S/c1-8-15-6-10(21-8)7-16(2)13(18)9-3-4-11(14)12(5-9)17(19)20/h3-6H,7H2,1-2H3. The number of nitrogens with zero attached hydrogens (tertiary/aromatic N) is 3. The lowest BCUT2D eigenvalue weighted by Gasteiger charge is -2.15. The molecule has 21 heavy (non-hydrogen) atoms. The van der Waals surface area contributed by atoms with Gasteiger partial charge in [-0.2, -0.15) is 4.39 Å². The third-order valence-corrected chi connectivity index (χ3v) is 3.70. The summed E-state index contributed by atoms with van der Waals surface area (Å²) in [4.78, 5) is 28.5. The van der Waals surface area contributed by atoms with Crippen molar-refractivity contribution < 1.29 is 14.1 Å². The van der Waals surface area contributed by atoms with Gasteiger partial charge in [0.2, 0.25) is 5.82 Å². The molecule has 0 aliphatic rings. The smallest absolute Gasteiger partial charge is 0.305 e. The molecule has 0 spiro atoms. The van der Waals surface area contributed by atoms with E-state index in [-0.39, 0.29) is 5.56 Å². The predicted octanol–water partition coefficient (Wildman–Crippen LogP) is 2.77. The van der Waals surface area contributed by atoms with Gasteiger partial charge in [-0.25, -0.2) is 4.98 Å². The first-order valence-electron chi connectivity index (χ1n) is 5.99. The molecule has 2 rings (SSSR count). The third-order valence-electron chi connectivity index (χ3n) is 2.80. The van der Waals surface area contributed by atoms with Gasteiger partial charge >= 0.3 is 5.69 Å². The van der Waals surface area contributed by atoms with Gasteiger partial charge in [0, 0.05) is 29.8 Å². The number of thiazole rings is 1. The van der Waals surface area contributed by atoms with Gasteiger partial charge in [0.1, 0.15) is 0 Å². The van der Waals surface area contributed by atoms with Crippen molar-refractivity contribution in [2.24, 2.45) is 0 Å². The lowest BCUT2D eigenvalue weighted by Crippen LogP contribution is -2.25. The minimum atomic E-state index is -0.961. The van der Waals surface area contributed by atoms with Crippen LogP contribution in [0.1, 0.15) is 20.2 Å². The summed E-state index contributed by atoms with van der Waals surface area (Å²) in [5.41, 5.74) is -0.630. The summed E-state index contributed by atoms with van der Waals surface area (Å²) in [7, 11) is 1.58. The quantitative estimate of drug-likeness (QED) is 0.643. The molecule has 1 aromatic heterocycles. The zero-order valence-corrected chi connectivity index (χ0v) is 12.2. The number of benzene rings is 1. The number of rotatable bonds is 4. The van der Waals surface area contributed by atoms with Gasteiger partial charge in [0.25, 0.3) is 5.91 Å². The molecule has 0 saturated carbocycles. The Morgan fingerprint density at radius 3 is 2.81 bits per heavy atom. The number of halogens is 1. The van der Waals surface area contributed by atoms with Crippen LogP contribution < -0.4 is 0 Å². The highest BCUT2D eigenvalue weighted by atomic mass is 32.1. The number of nitro groups is 1. The van der Waals surface area contributed by atoms with E-state index in [0.717, 1.165) is 22.0 Å². The van der Waals surface area contributed by atoms with E-state index >= 15 is 0 Å². The van der Waals surface area contributed by atoms with Gasteiger partial charge in [-0.05, 0) is 19.1 Å². The van der Waals surface area contributed by atoms with Gasteiger partial charge in [0.05, 0.1) is 16.5 Å². The highest BCUT2D eigenvalue weighted by Crippen LogP contribution is 2.20. The van der Waals surface area contributed by atoms with Gasteiger partial charge in [-0.3, -0.25) is 14.9 Å². The minimum Gasteiger partial charge on any atom is -0.337 e. The average Bonchev–Trinajstić information content (AvgIpc) is 2.83.